The van der Waals surface area contributed by atoms with Gasteiger partial charge in [-0.05, 0) is 42.5 Å². The van der Waals surface area contributed by atoms with E-state index in [1.165, 1.54) is 16.0 Å². The molecule has 0 saturated carbocycles. The fraction of sp³-hybridized carbons (Fsp3) is 0.231. The lowest BCUT2D eigenvalue weighted by molar-refractivity contribution is 1.16. The summed E-state index contributed by atoms with van der Waals surface area (Å²) in [5, 5.41) is 5.53. The minimum Gasteiger partial charge on any atom is -0.397 e. The molecular formula is C13H16N2S. The first-order valence-corrected chi connectivity index (χ1v) is 6.18. The molecule has 3 N–H and O–H groups in total. The van der Waals surface area contributed by atoms with Crippen LogP contribution in [0.3, 0.4) is 0 Å². The smallest absolute Gasteiger partial charge is 0.0606 e. The fourth-order valence-corrected chi connectivity index (χ4v) is 2.53. The Kier molecular flexibility index (Phi) is 3.15. The highest BCUT2D eigenvalue weighted by Gasteiger charge is 2.04. The zero-order valence-electron chi connectivity index (χ0n) is 9.58. The van der Waals surface area contributed by atoms with Crippen LogP contribution in [0, 0.1) is 13.8 Å². The summed E-state index contributed by atoms with van der Waals surface area (Å²) in [6, 6.07) is 8.12. The highest BCUT2D eigenvalue weighted by Crippen LogP contribution is 2.24. The lowest BCUT2D eigenvalue weighted by atomic mass is 10.1. The van der Waals surface area contributed by atoms with Crippen molar-refractivity contribution in [1.82, 2.24) is 0 Å². The maximum atomic E-state index is 5.94. The highest BCUT2D eigenvalue weighted by molar-refractivity contribution is 7.10. The Bertz CT molecular complexity index is 468. The van der Waals surface area contributed by atoms with Crippen LogP contribution in [0.4, 0.5) is 11.4 Å². The Morgan fingerprint density at radius 2 is 2.00 bits per heavy atom. The third-order valence-corrected chi connectivity index (χ3v) is 3.72. The van der Waals surface area contributed by atoms with Crippen LogP contribution in [-0.2, 0) is 6.54 Å². The normalized spacial score (nSPS) is 10.4. The number of hydrogen-bond acceptors (Lipinski definition) is 3. The van der Waals surface area contributed by atoms with Gasteiger partial charge in [0, 0.05) is 11.4 Å². The van der Waals surface area contributed by atoms with Crippen LogP contribution in [0.1, 0.15) is 16.0 Å². The molecule has 1 aromatic heterocycles. The number of anilines is 2. The number of thiophene rings is 1. The van der Waals surface area contributed by atoms with E-state index in [1.807, 2.05) is 12.1 Å². The van der Waals surface area contributed by atoms with Gasteiger partial charge >= 0.3 is 0 Å². The van der Waals surface area contributed by atoms with Crippen molar-refractivity contribution in [2.24, 2.45) is 0 Å². The SMILES string of the molecule is Cc1ccsc1CNc1c(C)cccc1N. The van der Waals surface area contributed by atoms with Gasteiger partial charge in [-0.25, -0.2) is 0 Å². The zero-order chi connectivity index (χ0) is 11.5. The molecule has 0 amide bonds. The average molecular weight is 232 g/mol. The van der Waals surface area contributed by atoms with E-state index in [0.717, 1.165) is 17.9 Å². The summed E-state index contributed by atoms with van der Waals surface area (Å²) in [6.45, 7) is 5.05. The zero-order valence-corrected chi connectivity index (χ0v) is 10.4. The largest absolute Gasteiger partial charge is 0.397 e. The number of rotatable bonds is 3. The molecule has 1 aromatic carbocycles. The average Bonchev–Trinajstić information content (AvgIpc) is 2.64. The van der Waals surface area contributed by atoms with Crippen molar-refractivity contribution in [1.29, 1.82) is 0 Å². The maximum absolute atomic E-state index is 5.94. The molecule has 0 saturated heterocycles. The number of nitrogens with two attached hydrogens (primary N) is 1. The third-order valence-electron chi connectivity index (χ3n) is 2.70. The molecule has 0 spiro atoms. The summed E-state index contributed by atoms with van der Waals surface area (Å²) in [5.74, 6) is 0. The standard InChI is InChI=1S/C13H16N2S/c1-9-6-7-16-12(9)8-15-13-10(2)4-3-5-11(13)14/h3-7,15H,8,14H2,1-2H3. The van der Waals surface area contributed by atoms with Crippen LogP contribution >= 0.6 is 11.3 Å². The molecule has 0 fully saturated rings. The van der Waals surface area contributed by atoms with Crippen LogP contribution in [-0.4, -0.2) is 0 Å². The molecule has 0 unspecified atom stereocenters. The van der Waals surface area contributed by atoms with Gasteiger partial charge in [0.25, 0.3) is 0 Å². The molecule has 0 aliphatic rings. The van der Waals surface area contributed by atoms with E-state index < -0.39 is 0 Å². The maximum Gasteiger partial charge on any atom is 0.0606 e. The number of benzene rings is 1. The topological polar surface area (TPSA) is 38.0 Å². The molecule has 2 rings (SSSR count). The van der Waals surface area contributed by atoms with E-state index in [-0.39, 0.29) is 0 Å². The summed E-state index contributed by atoms with van der Waals surface area (Å²) in [4.78, 5) is 1.36. The first kappa shape index (κ1) is 11.0. The molecule has 2 aromatic rings. The van der Waals surface area contributed by atoms with Crippen molar-refractivity contribution >= 4 is 22.7 Å². The van der Waals surface area contributed by atoms with Crippen molar-refractivity contribution in [2.45, 2.75) is 20.4 Å². The monoisotopic (exact) mass is 232 g/mol. The third kappa shape index (κ3) is 2.19. The van der Waals surface area contributed by atoms with Gasteiger partial charge in [-0.2, -0.15) is 0 Å². The second kappa shape index (κ2) is 4.58. The van der Waals surface area contributed by atoms with Crippen LogP contribution in [0.5, 0.6) is 0 Å². The number of aryl methyl sites for hydroxylation is 2. The summed E-state index contributed by atoms with van der Waals surface area (Å²) in [6.07, 6.45) is 0. The van der Waals surface area contributed by atoms with Gasteiger partial charge in [-0.15, -0.1) is 11.3 Å². The Morgan fingerprint density at radius 3 is 2.62 bits per heavy atom. The summed E-state index contributed by atoms with van der Waals surface area (Å²) >= 11 is 1.78. The van der Waals surface area contributed by atoms with Crippen molar-refractivity contribution in [3.8, 4) is 0 Å². The lowest BCUT2D eigenvalue weighted by Crippen LogP contribution is -2.03. The predicted molar refractivity (Wildman–Crippen MR) is 72.0 cm³/mol. The molecule has 3 heteroatoms. The molecule has 84 valence electrons. The Labute approximate surface area is 100 Å². The molecule has 0 atom stereocenters. The van der Waals surface area contributed by atoms with Gasteiger partial charge in [-0.3, -0.25) is 0 Å². The van der Waals surface area contributed by atoms with Gasteiger partial charge in [0.05, 0.1) is 11.4 Å². The molecule has 0 aliphatic heterocycles. The van der Waals surface area contributed by atoms with E-state index in [2.05, 4.69) is 36.7 Å². The van der Waals surface area contributed by atoms with Gasteiger partial charge < -0.3 is 11.1 Å². The summed E-state index contributed by atoms with van der Waals surface area (Å²) in [5.41, 5.74) is 10.3. The van der Waals surface area contributed by atoms with Crippen molar-refractivity contribution < 1.29 is 0 Å². The van der Waals surface area contributed by atoms with Crippen LogP contribution in [0.15, 0.2) is 29.6 Å². The van der Waals surface area contributed by atoms with E-state index in [9.17, 15) is 0 Å². The molecule has 16 heavy (non-hydrogen) atoms. The Morgan fingerprint density at radius 1 is 1.19 bits per heavy atom. The quantitative estimate of drug-likeness (QED) is 0.794. The molecule has 0 aliphatic carbocycles. The molecule has 2 nitrogen and oxygen atoms in total. The minimum absolute atomic E-state index is 0.814. The van der Waals surface area contributed by atoms with Crippen molar-refractivity contribution in [2.75, 3.05) is 11.1 Å². The van der Waals surface area contributed by atoms with E-state index in [1.54, 1.807) is 11.3 Å². The van der Waals surface area contributed by atoms with E-state index in [4.69, 9.17) is 5.73 Å². The van der Waals surface area contributed by atoms with Crippen LogP contribution in [0.25, 0.3) is 0 Å². The molecule has 1 heterocycles. The first-order chi connectivity index (χ1) is 7.68. The second-order valence-corrected chi connectivity index (χ2v) is 4.92. The number of nitrogens with one attached hydrogen (secondary N) is 1. The number of hydrogen-bond donors (Lipinski definition) is 2. The van der Waals surface area contributed by atoms with Crippen molar-refractivity contribution in [3.63, 3.8) is 0 Å². The van der Waals surface area contributed by atoms with Crippen LogP contribution in [0.2, 0.25) is 0 Å². The molecule has 0 radical (unpaired) electrons. The summed E-state index contributed by atoms with van der Waals surface area (Å²) < 4.78 is 0. The fourth-order valence-electron chi connectivity index (χ4n) is 1.69. The predicted octanol–water partition coefficient (Wildman–Crippen LogP) is 3.56. The van der Waals surface area contributed by atoms with Gasteiger partial charge in [-0.1, -0.05) is 12.1 Å². The molecule has 0 bridgehead atoms. The Balaban J connectivity index is 2.14. The summed E-state index contributed by atoms with van der Waals surface area (Å²) in [7, 11) is 0. The second-order valence-electron chi connectivity index (χ2n) is 3.92. The van der Waals surface area contributed by atoms with Gasteiger partial charge in [0.1, 0.15) is 0 Å². The first-order valence-electron chi connectivity index (χ1n) is 5.30. The minimum atomic E-state index is 0.814. The van der Waals surface area contributed by atoms with Crippen molar-refractivity contribution in [3.05, 3.63) is 45.6 Å². The Hall–Kier alpha value is -1.48. The number of nitrogen functional groups attached to an aromatic ring is 1. The van der Waals surface area contributed by atoms with E-state index >= 15 is 0 Å². The van der Waals surface area contributed by atoms with Gasteiger partial charge in [0.2, 0.25) is 0 Å². The van der Waals surface area contributed by atoms with Gasteiger partial charge in [0.15, 0.2) is 0 Å². The van der Waals surface area contributed by atoms with Crippen LogP contribution < -0.4 is 11.1 Å². The highest BCUT2D eigenvalue weighted by atomic mass is 32.1. The molecular weight excluding hydrogens is 216 g/mol. The lowest BCUT2D eigenvalue weighted by Gasteiger charge is -2.11. The number of para-hydroxylation sites is 1. The van der Waals surface area contributed by atoms with E-state index in [0.29, 0.717) is 0 Å².